The standard InChI is InChI=1S/C18H27BrN2O2/c1-22-17-13-14(6-9-21-10-7-20-8-11-21)12-16(19)18(17)23-15-4-2-3-5-15/h12-13,15,20H,2-11H2,1H3. The van der Waals surface area contributed by atoms with Gasteiger partial charge in [0.1, 0.15) is 0 Å². The van der Waals surface area contributed by atoms with E-state index in [1.165, 1.54) is 18.4 Å². The number of hydrogen-bond acceptors (Lipinski definition) is 4. The first-order valence-corrected chi connectivity index (χ1v) is 9.51. The second-order valence-corrected chi connectivity index (χ2v) is 7.33. The second kappa shape index (κ2) is 8.36. The Balaban J connectivity index is 1.65. The third-order valence-electron chi connectivity index (χ3n) is 4.80. The molecule has 1 heterocycles. The van der Waals surface area contributed by atoms with E-state index < -0.39 is 0 Å². The zero-order valence-corrected chi connectivity index (χ0v) is 15.5. The average molecular weight is 383 g/mol. The number of ether oxygens (including phenoxy) is 2. The van der Waals surface area contributed by atoms with Crippen LogP contribution in [0.5, 0.6) is 11.5 Å². The maximum absolute atomic E-state index is 6.19. The normalized spacial score (nSPS) is 19.9. The van der Waals surface area contributed by atoms with E-state index in [1.807, 2.05) is 0 Å². The summed E-state index contributed by atoms with van der Waals surface area (Å²) < 4.78 is 12.8. The van der Waals surface area contributed by atoms with E-state index in [-0.39, 0.29) is 0 Å². The Morgan fingerprint density at radius 1 is 1.22 bits per heavy atom. The van der Waals surface area contributed by atoms with Gasteiger partial charge in [-0.25, -0.2) is 0 Å². The van der Waals surface area contributed by atoms with Gasteiger partial charge in [-0.15, -0.1) is 0 Å². The Bertz CT molecular complexity index is 512. The third kappa shape index (κ3) is 4.61. The topological polar surface area (TPSA) is 33.7 Å². The minimum absolute atomic E-state index is 0.340. The number of nitrogens with one attached hydrogen (secondary N) is 1. The highest BCUT2D eigenvalue weighted by Gasteiger charge is 2.21. The van der Waals surface area contributed by atoms with E-state index in [4.69, 9.17) is 9.47 Å². The van der Waals surface area contributed by atoms with Crippen molar-refractivity contribution in [2.75, 3.05) is 39.8 Å². The summed E-state index contributed by atoms with van der Waals surface area (Å²) in [6, 6.07) is 4.33. The molecule has 0 unspecified atom stereocenters. The van der Waals surface area contributed by atoms with E-state index in [0.717, 1.165) is 68.0 Å². The molecule has 1 aliphatic heterocycles. The van der Waals surface area contributed by atoms with Gasteiger partial charge in [0.2, 0.25) is 0 Å². The van der Waals surface area contributed by atoms with Crippen LogP contribution in [-0.2, 0) is 6.42 Å². The molecule has 4 nitrogen and oxygen atoms in total. The molecule has 0 amide bonds. The molecule has 2 fully saturated rings. The van der Waals surface area contributed by atoms with Crippen LogP contribution in [0.4, 0.5) is 0 Å². The van der Waals surface area contributed by atoms with Gasteiger partial charge in [-0.05, 0) is 65.7 Å². The monoisotopic (exact) mass is 382 g/mol. The molecular formula is C18H27BrN2O2. The summed E-state index contributed by atoms with van der Waals surface area (Å²) in [5.74, 6) is 1.71. The van der Waals surface area contributed by atoms with Crippen molar-refractivity contribution in [1.29, 1.82) is 0 Å². The summed E-state index contributed by atoms with van der Waals surface area (Å²) in [4.78, 5) is 2.51. The van der Waals surface area contributed by atoms with Crippen molar-refractivity contribution in [3.05, 3.63) is 22.2 Å². The number of methoxy groups -OCH3 is 1. The van der Waals surface area contributed by atoms with Gasteiger partial charge < -0.3 is 19.7 Å². The first-order chi connectivity index (χ1) is 11.3. The molecule has 1 N–H and O–H groups in total. The van der Waals surface area contributed by atoms with E-state index in [2.05, 4.69) is 38.3 Å². The molecule has 2 aliphatic rings. The van der Waals surface area contributed by atoms with Crippen molar-refractivity contribution in [2.45, 2.75) is 38.2 Å². The van der Waals surface area contributed by atoms with Crippen molar-refractivity contribution >= 4 is 15.9 Å². The molecule has 0 atom stereocenters. The Morgan fingerprint density at radius 3 is 2.65 bits per heavy atom. The third-order valence-corrected chi connectivity index (χ3v) is 5.39. The molecular weight excluding hydrogens is 356 g/mol. The number of nitrogens with zero attached hydrogens (tertiary/aromatic N) is 1. The lowest BCUT2D eigenvalue weighted by molar-refractivity contribution is 0.199. The van der Waals surface area contributed by atoms with Crippen molar-refractivity contribution in [2.24, 2.45) is 0 Å². The maximum atomic E-state index is 6.19. The Labute approximate surface area is 147 Å². The van der Waals surface area contributed by atoms with Crippen molar-refractivity contribution in [1.82, 2.24) is 10.2 Å². The second-order valence-electron chi connectivity index (χ2n) is 6.47. The van der Waals surface area contributed by atoms with Crippen LogP contribution in [0.2, 0.25) is 0 Å². The minimum Gasteiger partial charge on any atom is -0.493 e. The first-order valence-electron chi connectivity index (χ1n) is 8.72. The van der Waals surface area contributed by atoms with Crippen LogP contribution in [-0.4, -0.2) is 50.8 Å². The molecule has 5 heteroatoms. The Morgan fingerprint density at radius 2 is 1.96 bits per heavy atom. The molecule has 0 aromatic heterocycles. The van der Waals surface area contributed by atoms with Crippen LogP contribution < -0.4 is 14.8 Å². The van der Waals surface area contributed by atoms with Crippen molar-refractivity contribution < 1.29 is 9.47 Å². The van der Waals surface area contributed by atoms with Gasteiger partial charge in [-0.2, -0.15) is 0 Å². The lowest BCUT2D eigenvalue weighted by atomic mass is 10.1. The fourth-order valence-electron chi connectivity index (χ4n) is 3.43. The van der Waals surface area contributed by atoms with Gasteiger partial charge in [-0.1, -0.05) is 0 Å². The summed E-state index contributed by atoms with van der Waals surface area (Å²) in [7, 11) is 1.73. The van der Waals surface area contributed by atoms with Crippen LogP contribution in [0, 0.1) is 0 Å². The van der Waals surface area contributed by atoms with E-state index in [9.17, 15) is 0 Å². The zero-order chi connectivity index (χ0) is 16.1. The van der Waals surface area contributed by atoms with Gasteiger partial charge in [0.15, 0.2) is 11.5 Å². The van der Waals surface area contributed by atoms with Gasteiger partial charge in [0, 0.05) is 32.7 Å². The molecule has 0 bridgehead atoms. The highest BCUT2D eigenvalue weighted by atomic mass is 79.9. The molecule has 1 aliphatic carbocycles. The number of rotatable bonds is 6. The van der Waals surface area contributed by atoms with Gasteiger partial charge in [0.25, 0.3) is 0 Å². The summed E-state index contributed by atoms with van der Waals surface area (Å²) in [6.45, 7) is 5.57. The molecule has 1 saturated heterocycles. The Kier molecular flexibility index (Phi) is 6.20. The Hall–Kier alpha value is -0.780. The minimum atomic E-state index is 0.340. The molecule has 1 saturated carbocycles. The molecule has 3 rings (SSSR count). The summed E-state index contributed by atoms with van der Waals surface area (Å²) in [5.41, 5.74) is 1.30. The predicted octanol–water partition coefficient (Wildman–Crippen LogP) is 3.23. The van der Waals surface area contributed by atoms with Crippen LogP contribution in [0.3, 0.4) is 0 Å². The lowest BCUT2D eigenvalue weighted by Gasteiger charge is -2.27. The van der Waals surface area contributed by atoms with Crippen LogP contribution in [0.15, 0.2) is 16.6 Å². The number of piperazine rings is 1. The quantitative estimate of drug-likeness (QED) is 0.818. The summed E-state index contributed by atoms with van der Waals surface area (Å²) in [5, 5.41) is 3.40. The van der Waals surface area contributed by atoms with Crippen LogP contribution in [0.1, 0.15) is 31.2 Å². The van der Waals surface area contributed by atoms with Crippen LogP contribution >= 0.6 is 15.9 Å². The maximum Gasteiger partial charge on any atom is 0.175 e. The molecule has 0 spiro atoms. The summed E-state index contributed by atoms with van der Waals surface area (Å²) in [6.07, 6.45) is 6.23. The van der Waals surface area contributed by atoms with Gasteiger partial charge in [0.05, 0.1) is 17.7 Å². The molecule has 128 valence electrons. The number of benzene rings is 1. The molecule has 23 heavy (non-hydrogen) atoms. The van der Waals surface area contributed by atoms with E-state index in [0.29, 0.717) is 6.10 Å². The summed E-state index contributed by atoms with van der Waals surface area (Å²) >= 11 is 3.68. The fourth-order valence-corrected chi connectivity index (χ4v) is 4.01. The van der Waals surface area contributed by atoms with Crippen molar-refractivity contribution in [3.8, 4) is 11.5 Å². The predicted molar refractivity (Wildman–Crippen MR) is 96.6 cm³/mol. The van der Waals surface area contributed by atoms with E-state index in [1.54, 1.807) is 7.11 Å². The average Bonchev–Trinajstić information content (AvgIpc) is 3.09. The largest absolute Gasteiger partial charge is 0.493 e. The molecule has 0 radical (unpaired) electrons. The van der Waals surface area contributed by atoms with Crippen LogP contribution in [0.25, 0.3) is 0 Å². The smallest absolute Gasteiger partial charge is 0.175 e. The number of halogens is 1. The SMILES string of the molecule is COc1cc(CCN2CCNCC2)cc(Br)c1OC1CCCC1. The van der Waals surface area contributed by atoms with Gasteiger partial charge >= 0.3 is 0 Å². The highest BCUT2D eigenvalue weighted by molar-refractivity contribution is 9.10. The molecule has 1 aromatic carbocycles. The van der Waals surface area contributed by atoms with Crippen molar-refractivity contribution in [3.63, 3.8) is 0 Å². The first kappa shape index (κ1) is 17.1. The zero-order valence-electron chi connectivity index (χ0n) is 13.9. The van der Waals surface area contributed by atoms with Gasteiger partial charge in [-0.3, -0.25) is 0 Å². The fraction of sp³-hybridized carbons (Fsp3) is 0.667. The van der Waals surface area contributed by atoms with E-state index >= 15 is 0 Å². The molecule has 1 aromatic rings. The highest BCUT2D eigenvalue weighted by Crippen LogP contribution is 2.39. The number of hydrogen-bond donors (Lipinski definition) is 1. The lowest BCUT2D eigenvalue weighted by Crippen LogP contribution is -2.44.